The van der Waals surface area contributed by atoms with E-state index in [0.29, 0.717) is 29.4 Å². The minimum Gasteiger partial charge on any atom is -0.325 e. The summed E-state index contributed by atoms with van der Waals surface area (Å²) in [5, 5.41) is 18.2. The molecule has 0 aliphatic heterocycles. The van der Waals surface area contributed by atoms with Crippen molar-refractivity contribution in [1.29, 1.82) is 5.26 Å². The van der Waals surface area contributed by atoms with Gasteiger partial charge in [-0.25, -0.2) is 9.89 Å². The second kappa shape index (κ2) is 9.06. The third-order valence-electron chi connectivity index (χ3n) is 4.10. The number of thioether (sulfide) groups is 1. The average Bonchev–Trinajstić information content (AvgIpc) is 3.06. The smallest absolute Gasteiger partial charge is 0.325 e. The molecule has 0 spiro atoms. The van der Waals surface area contributed by atoms with Crippen molar-refractivity contribution in [3.05, 3.63) is 76.2 Å². The van der Waals surface area contributed by atoms with Gasteiger partial charge >= 0.3 is 5.69 Å². The number of amides is 1. The lowest BCUT2D eigenvalue weighted by Gasteiger charge is -2.12. The Morgan fingerprint density at radius 3 is 2.82 bits per heavy atom. The van der Waals surface area contributed by atoms with E-state index in [1.54, 1.807) is 31.2 Å². The zero-order chi connectivity index (χ0) is 19.9. The molecule has 1 amide bonds. The van der Waals surface area contributed by atoms with Gasteiger partial charge in [-0.3, -0.25) is 9.36 Å². The Balaban J connectivity index is 1.65. The van der Waals surface area contributed by atoms with Crippen LogP contribution >= 0.6 is 11.8 Å². The van der Waals surface area contributed by atoms with Crippen molar-refractivity contribution in [1.82, 2.24) is 14.8 Å². The number of nitrogens with one attached hydrogen (secondary N) is 2. The lowest BCUT2D eigenvalue weighted by molar-refractivity contribution is -0.115. The Morgan fingerprint density at radius 1 is 1.29 bits per heavy atom. The highest BCUT2D eigenvalue weighted by atomic mass is 32.2. The molecular formula is C20H19N5O2S. The second-order valence-corrected chi connectivity index (χ2v) is 7.45. The highest BCUT2D eigenvalue weighted by molar-refractivity contribution is 8.00. The van der Waals surface area contributed by atoms with Crippen molar-refractivity contribution in [3.8, 4) is 6.07 Å². The number of nitrogens with zero attached hydrogens (tertiary/aromatic N) is 3. The molecule has 0 radical (unpaired) electrons. The van der Waals surface area contributed by atoms with Crippen LogP contribution in [0.3, 0.4) is 0 Å². The molecule has 0 bridgehead atoms. The SMILES string of the molecule is C[C@@H](Sc1n[nH]c(=O)n1CCc1ccccc1)C(=O)Nc1cccc(C#N)c1. The Labute approximate surface area is 166 Å². The molecule has 2 N–H and O–H groups in total. The maximum Gasteiger partial charge on any atom is 0.343 e. The van der Waals surface area contributed by atoms with Gasteiger partial charge in [-0.05, 0) is 37.1 Å². The lowest BCUT2D eigenvalue weighted by atomic mass is 10.1. The molecule has 7 nitrogen and oxygen atoms in total. The van der Waals surface area contributed by atoms with Gasteiger partial charge in [0.2, 0.25) is 5.91 Å². The summed E-state index contributed by atoms with van der Waals surface area (Å²) in [5.41, 5.74) is 1.85. The van der Waals surface area contributed by atoms with Crippen molar-refractivity contribution >= 4 is 23.4 Å². The fraction of sp³-hybridized carbons (Fsp3) is 0.200. The van der Waals surface area contributed by atoms with E-state index in [1.807, 2.05) is 36.4 Å². The largest absolute Gasteiger partial charge is 0.343 e. The van der Waals surface area contributed by atoms with E-state index >= 15 is 0 Å². The first-order valence-electron chi connectivity index (χ1n) is 8.73. The minimum absolute atomic E-state index is 0.231. The van der Waals surface area contributed by atoms with E-state index in [0.717, 1.165) is 5.56 Å². The number of nitriles is 1. The van der Waals surface area contributed by atoms with Crippen LogP contribution in [0.2, 0.25) is 0 Å². The molecule has 0 saturated heterocycles. The number of rotatable bonds is 7. The minimum atomic E-state index is -0.476. The molecule has 1 heterocycles. The fourth-order valence-corrected chi connectivity index (χ4v) is 3.48. The van der Waals surface area contributed by atoms with Gasteiger partial charge in [0.05, 0.1) is 16.9 Å². The topological polar surface area (TPSA) is 104 Å². The van der Waals surface area contributed by atoms with Crippen molar-refractivity contribution in [2.45, 2.75) is 30.3 Å². The number of carbonyl (C=O) groups is 1. The van der Waals surface area contributed by atoms with E-state index in [2.05, 4.69) is 15.5 Å². The predicted molar refractivity (Wildman–Crippen MR) is 108 cm³/mol. The summed E-state index contributed by atoms with van der Waals surface area (Å²) in [6, 6.07) is 18.6. The number of carbonyl (C=O) groups excluding carboxylic acids is 1. The van der Waals surface area contributed by atoms with Crippen LogP contribution in [0.25, 0.3) is 0 Å². The van der Waals surface area contributed by atoms with Crippen LogP contribution in [0.15, 0.2) is 64.5 Å². The fourth-order valence-electron chi connectivity index (χ4n) is 2.60. The number of aromatic amines is 1. The summed E-state index contributed by atoms with van der Waals surface area (Å²) in [6.07, 6.45) is 0.690. The first-order valence-corrected chi connectivity index (χ1v) is 9.61. The molecule has 0 fully saturated rings. The van der Waals surface area contributed by atoms with Gasteiger partial charge in [-0.15, -0.1) is 5.10 Å². The van der Waals surface area contributed by atoms with Crippen LogP contribution < -0.4 is 11.0 Å². The molecular weight excluding hydrogens is 374 g/mol. The molecule has 1 atom stereocenters. The third kappa shape index (κ3) is 4.90. The number of anilines is 1. The summed E-state index contributed by atoms with van der Waals surface area (Å²) in [7, 11) is 0. The highest BCUT2D eigenvalue weighted by Crippen LogP contribution is 2.22. The van der Waals surface area contributed by atoms with Crippen molar-refractivity contribution < 1.29 is 4.79 Å². The molecule has 8 heteroatoms. The van der Waals surface area contributed by atoms with Gasteiger partial charge in [0, 0.05) is 12.2 Å². The van der Waals surface area contributed by atoms with Crippen LogP contribution in [0.4, 0.5) is 5.69 Å². The summed E-state index contributed by atoms with van der Waals surface area (Å²) in [6.45, 7) is 2.22. The van der Waals surface area contributed by atoms with E-state index < -0.39 is 5.25 Å². The number of aromatic nitrogens is 3. The van der Waals surface area contributed by atoms with E-state index in [1.165, 1.54) is 16.3 Å². The maximum atomic E-state index is 12.5. The lowest BCUT2D eigenvalue weighted by Crippen LogP contribution is -2.24. The molecule has 0 aliphatic rings. The van der Waals surface area contributed by atoms with Crippen molar-refractivity contribution in [2.24, 2.45) is 0 Å². The normalized spacial score (nSPS) is 11.6. The molecule has 28 heavy (non-hydrogen) atoms. The number of H-pyrrole nitrogens is 1. The Kier molecular flexibility index (Phi) is 6.29. The van der Waals surface area contributed by atoms with Gasteiger partial charge in [-0.1, -0.05) is 48.2 Å². The number of aryl methyl sites for hydroxylation is 1. The molecule has 0 saturated carbocycles. The monoisotopic (exact) mass is 393 g/mol. The molecule has 0 unspecified atom stereocenters. The van der Waals surface area contributed by atoms with E-state index in [-0.39, 0.29) is 11.6 Å². The number of benzene rings is 2. The van der Waals surface area contributed by atoms with E-state index in [9.17, 15) is 9.59 Å². The summed E-state index contributed by atoms with van der Waals surface area (Å²) in [5.74, 6) is -0.231. The average molecular weight is 393 g/mol. The van der Waals surface area contributed by atoms with Crippen molar-refractivity contribution in [2.75, 3.05) is 5.32 Å². The van der Waals surface area contributed by atoms with Crippen molar-refractivity contribution in [3.63, 3.8) is 0 Å². The van der Waals surface area contributed by atoms with E-state index in [4.69, 9.17) is 5.26 Å². The molecule has 3 aromatic rings. The predicted octanol–water partition coefficient (Wildman–Crippen LogP) is 2.81. The quantitative estimate of drug-likeness (QED) is 0.601. The van der Waals surface area contributed by atoms with Gasteiger partial charge in [0.15, 0.2) is 5.16 Å². The number of hydrogen-bond acceptors (Lipinski definition) is 5. The van der Waals surface area contributed by atoms with Gasteiger partial charge in [-0.2, -0.15) is 5.26 Å². The van der Waals surface area contributed by atoms with Gasteiger partial charge in [0.1, 0.15) is 0 Å². The molecule has 0 aliphatic carbocycles. The molecule has 142 valence electrons. The Bertz CT molecular complexity index is 1050. The summed E-state index contributed by atoms with van der Waals surface area (Å²) >= 11 is 1.21. The van der Waals surface area contributed by atoms with Crippen LogP contribution in [-0.2, 0) is 17.8 Å². The van der Waals surface area contributed by atoms with Gasteiger partial charge < -0.3 is 5.32 Å². The first-order chi connectivity index (χ1) is 13.6. The Hall–Kier alpha value is -3.31. The zero-order valence-corrected chi connectivity index (χ0v) is 16.1. The second-order valence-electron chi connectivity index (χ2n) is 6.14. The zero-order valence-electron chi connectivity index (χ0n) is 15.3. The third-order valence-corrected chi connectivity index (χ3v) is 5.19. The molecule has 3 rings (SSSR count). The van der Waals surface area contributed by atoms with Crippen LogP contribution in [0.5, 0.6) is 0 Å². The van der Waals surface area contributed by atoms with Gasteiger partial charge in [0.25, 0.3) is 0 Å². The first kappa shape index (κ1) is 19.5. The molecule has 2 aromatic carbocycles. The van der Waals surface area contributed by atoms with Crippen LogP contribution in [0.1, 0.15) is 18.1 Å². The molecule has 1 aromatic heterocycles. The highest BCUT2D eigenvalue weighted by Gasteiger charge is 2.19. The summed E-state index contributed by atoms with van der Waals surface area (Å²) < 4.78 is 1.54. The maximum absolute atomic E-state index is 12.5. The Morgan fingerprint density at radius 2 is 2.07 bits per heavy atom. The van der Waals surface area contributed by atoms with Crippen LogP contribution in [-0.4, -0.2) is 25.9 Å². The standard InChI is InChI=1S/C20H19N5O2S/c1-14(18(26)22-17-9-5-8-16(12-17)13-21)28-20-24-23-19(27)25(20)11-10-15-6-3-2-4-7-15/h2-9,12,14H,10-11H2,1H3,(H,22,26)(H,23,27)/t14-/m1/s1. The number of hydrogen-bond donors (Lipinski definition) is 2. The summed E-state index contributed by atoms with van der Waals surface area (Å²) in [4.78, 5) is 24.5. The van der Waals surface area contributed by atoms with Crippen LogP contribution in [0, 0.1) is 11.3 Å².